The van der Waals surface area contributed by atoms with Gasteiger partial charge in [0, 0.05) is 30.0 Å². The number of amides is 1. The summed E-state index contributed by atoms with van der Waals surface area (Å²) in [6, 6.07) is 7.98. The van der Waals surface area contributed by atoms with Crippen LogP contribution in [-0.4, -0.2) is 41.6 Å². The Morgan fingerprint density at radius 1 is 1.30 bits per heavy atom. The van der Waals surface area contributed by atoms with Crippen LogP contribution in [0.4, 0.5) is 0 Å². The molecule has 3 aliphatic rings. The standard InChI is InChI=1S/C18H21NO4/c1-11-9-19(10-12(11)17(21)22)16(20)14-8-18(14)6-7-23-15-5-3-2-4-13(15)18/h2-5,11-12,14H,6-10H2,1H3,(H,21,22)/t11-,12-,14+,18+/m1/s1. The first-order chi connectivity index (χ1) is 11.0. The van der Waals surface area contributed by atoms with E-state index in [9.17, 15) is 14.7 Å². The second-order valence-electron chi connectivity index (χ2n) is 7.17. The predicted octanol–water partition coefficient (Wildman–Crippen LogP) is 1.91. The number of likely N-dealkylation sites (tertiary alicyclic amines) is 1. The molecule has 1 spiro atoms. The molecule has 0 bridgehead atoms. The highest BCUT2D eigenvalue weighted by atomic mass is 16.5. The third-order valence-electron chi connectivity index (χ3n) is 5.84. The van der Waals surface area contributed by atoms with Gasteiger partial charge in [-0.25, -0.2) is 0 Å². The van der Waals surface area contributed by atoms with Crippen molar-refractivity contribution in [1.29, 1.82) is 0 Å². The number of carbonyl (C=O) groups excluding carboxylic acids is 1. The average Bonchev–Trinajstić information content (AvgIpc) is 3.10. The summed E-state index contributed by atoms with van der Waals surface area (Å²) in [4.78, 5) is 25.9. The van der Waals surface area contributed by atoms with Gasteiger partial charge in [-0.2, -0.15) is 0 Å². The maximum atomic E-state index is 12.9. The molecule has 1 N–H and O–H groups in total. The smallest absolute Gasteiger partial charge is 0.308 e. The van der Waals surface area contributed by atoms with E-state index in [1.165, 1.54) is 0 Å². The van der Waals surface area contributed by atoms with Crippen molar-refractivity contribution in [2.45, 2.75) is 25.2 Å². The van der Waals surface area contributed by atoms with Crippen LogP contribution in [-0.2, 0) is 15.0 Å². The summed E-state index contributed by atoms with van der Waals surface area (Å²) in [7, 11) is 0. The van der Waals surface area contributed by atoms with Crippen molar-refractivity contribution in [3.63, 3.8) is 0 Å². The number of benzene rings is 1. The van der Waals surface area contributed by atoms with Gasteiger partial charge < -0.3 is 14.7 Å². The van der Waals surface area contributed by atoms with E-state index in [1.54, 1.807) is 4.90 Å². The molecule has 2 aliphatic heterocycles. The molecule has 2 fully saturated rings. The summed E-state index contributed by atoms with van der Waals surface area (Å²) in [6.45, 7) is 3.47. The molecule has 5 heteroatoms. The molecule has 2 heterocycles. The number of carboxylic acids is 1. The van der Waals surface area contributed by atoms with Gasteiger partial charge in [-0.1, -0.05) is 25.1 Å². The fourth-order valence-electron chi connectivity index (χ4n) is 4.37. The first-order valence-electron chi connectivity index (χ1n) is 8.27. The van der Waals surface area contributed by atoms with Crippen LogP contribution in [0.2, 0.25) is 0 Å². The zero-order valence-electron chi connectivity index (χ0n) is 13.2. The van der Waals surface area contributed by atoms with Crippen LogP contribution < -0.4 is 4.74 Å². The van der Waals surface area contributed by atoms with Crippen LogP contribution in [0, 0.1) is 17.8 Å². The van der Waals surface area contributed by atoms with Gasteiger partial charge in [-0.15, -0.1) is 0 Å². The minimum Gasteiger partial charge on any atom is -0.493 e. The maximum absolute atomic E-state index is 12.9. The van der Waals surface area contributed by atoms with E-state index in [4.69, 9.17) is 4.74 Å². The van der Waals surface area contributed by atoms with Crippen LogP contribution in [0.1, 0.15) is 25.3 Å². The Labute approximate surface area is 135 Å². The lowest BCUT2D eigenvalue weighted by molar-refractivity contribution is -0.142. The largest absolute Gasteiger partial charge is 0.493 e. The van der Waals surface area contributed by atoms with Crippen LogP contribution in [0.25, 0.3) is 0 Å². The van der Waals surface area contributed by atoms with Crippen LogP contribution >= 0.6 is 0 Å². The van der Waals surface area contributed by atoms with Crippen molar-refractivity contribution in [3.8, 4) is 5.75 Å². The number of carboxylic acid groups (broad SMARTS) is 1. The van der Waals surface area contributed by atoms with E-state index in [-0.39, 0.29) is 23.2 Å². The molecular formula is C18H21NO4. The Morgan fingerprint density at radius 3 is 2.83 bits per heavy atom. The average molecular weight is 315 g/mol. The Kier molecular flexibility index (Phi) is 3.15. The van der Waals surface area contributed by atoms with Crippen molar-refractivity contribution in [1.82, 2.24) is 4.90 Å². The van der Waals surface area contributed by atoms with E-state index in [1.807, 2.05) is 25.1 Å². The van der Waals surface area contributed by atoms with Gasteiger partial charge in [-0.05, 0) is 24.8 Å². The molecule has 0 unspecified atom stereocenters. The minimum atomic E-state index is -0.797. The number of nitrogens with zero attached hydrogens (tertiary/aromatic N) is 1. The topological polar surface area (TPSA) is 66.8 Å². The lowest BCUT2D eigenvalue weighted by Gasteiger charge is -2.27. The number of aliphatic carboxylic acids is 1. The first kappa shape index (κ1) is 14.5. The van der Waals surface area contributed by atoms with Gasteiger partial charge in [0.25, 0.3) is 0 Å². The number of ether oxygens (including phenoxy) is 1. The summed E-state index contributed by atoms with van der Waals surface area (Å²) in [5.74, 6) is -0.213. The molecular weight excluding hydrogens is 294 g/mol. The molecule has 1 saturated carbocycles. The molecule has 0 aromatic heterocycles. The van der Waals surface area contributed by atoms with Crippen molar-refractivity contribution in [3.05, 3.63) is 29.8 Å². The summed E-state index contributed by atoms with van der Waals surface area (Å²) in [6.07, 6.45) is 1.72. The number of rotatable bonds is 2. The van der Waals surface area contributed by atoms with Crippen molar-refractivity contribution >= 4 is 11.9 Å². The number of carbonyl (C=O) groups is 2. The summed E-state index contributed by atoms with van der Waals surface area (Å²) >= 11 is 0. The molecule has 1 aromatic rings. The van der Waals surface area contributed by atoms with Gasteiger partial charge >= 0.3 is 5.97 Å². The van der Waals surface area contributed by atoms with Crippen molar-refractivity contribution in [2.24, 2.45) is 17.8 Å². The van der Waals surface area contributed by atoms with Crippen LogP contribution in [0.5, 0.6) is 5.75 Å². The van der Waals surface area contributed by atoms with Gasteiger partial charge in [0.05, 0.1) is 12.5 Å². The number of para-hydroxylation sites is 1. The van der Waals surface area contributed by atoms with Gasteiger partial charge in [0.15, 0.2) is 0 Å². The van der Waals surface area contributed by atoms with Gasteiger partial charge in [-0.3, -0.25) is 9.59 Å². The highest BCUT2D eigenvalue weighted by Gasteiger charge is 2.62. The normalized spacial score (nSPS) is 34.8. The molecule has 23 heavy (non-hydrogen) atoms. The zero-order chi connectivity index (χ0) is 16.2. The SMILES string of the molecule is C[C@@H]1CN(C(=O)[C@@H]2C[C@]23CCOc2ccccc23)C[C@H]1C(=O)O. The molecule has 1 aliphatic carbocycles. The number of fused-ring (bicyclic) bond motifs is 2. The molecule has 1 amide bonds. The molecule has 122 valence electrons. The quantitative estimate of drug-likeness (QED) is 0.905. The van der Waals surface area contributed by atoms with E-state index in [0.29, 0.717) is 19.7 Å². The zero-order valence-corrected chi connectivity index (χ0v) is 13.2. The van der Waals surface area contributed by atoms with E-state index < -0.39 is 11.9 Å². The highest BCUT2D eigenvalue weighted by Crippen LogP contribution is 2.61. The van der Waals surface area contributed by atoms with E-state index >= 15 is 0 Å². The van der Waals surface area contributed by atoms with E-state index in [0.717, 1.165) is 24.2 Å². The predicted molar refractivity (Wildman–Crippen MR) is 83.2 cm³/mol. The Balaban J connectivity index is 1.54. The molecule has 4 atom stereocenters. The second kappa shape index (κ2) is 4.98. The second-order valence-corrected chi connectivity index (χ2v) is 7.17. The first-order valence-corrected chi connectivity index (χ1v) is 8.27. The fourth-order valence-corrected chi connectivity index (χ4v) is 4.37. The molecule has 5 nitrogen and oxygen atoms in total. The Hall–Kier alpha value is -2.04. The number of hydrogen-bond donors (Lipinski definition) is 1. The fraction of sp³-hybridized carbons (Fsp3) is 0.556. The van der Waals surface area contributed by atoms with Crippen molar-refractivity contribution < 1.29 is 19.4 Å². The lowest BCUT2D eigenvalue weighted by atomic mass is 9.87. The van der Waals surface area contributed by atoms with E-state index in [2.05, 4.69) is 6.07 Å². The number of hydrogen-bond acceptors (Lipinski definition) is 3. The van der Waals surface area contributed by atoms with Crippen LogP contribution in [0.15, 0.2) is 24.3 Å². The summed E-state index contributed by atoms with van der Waals surface area (Å²) in [5.41, 5.74) is 1.06. The maximum Gasteiger partial charge on any atom is 0.308 e. The summed E-state index contributed by atoms with van der Waals surface area (Å²) in [5, 5.41) is 9.26. The highest BCUT2D eigenvalue weighted by molar-refractivity contribution is 5.86. The molecule has 1 saturated heterocycles. The third kappa shape index (κ3) is 2.13. The molecule has 4 rings (SSSR count). The Morgan fingerprint density at radius 2 is 2.09 bits per heavy atom. The lowest BCUT2D eigenvalue weighted by Crippen LogP contribution is -2.34. The van der Waals surface area contributed by atoms with Crippen LogP contribution in [0.3, 0.4) is 0 Å². The third-order valence-corrected chi connectivity index (χ3v) is 5.84. The van der Waals surface area contributed by atoms with Crippen molar-refractivity contribution in [2.75, 3.05) is 19.7 Å². The Bertz CT molecular complexity index is 673. The molecule has 1 aromatic carbocycles. The molecule has 0 radical (unpaired) electrons. The van der Waals surface area contributed by atoms with Gasteiger partial charge in [0.1, 0.15) is 5.75 Å². The minimum absolute atomic E-state index is 0.0210. The van der Waals surface area contributed by atoms with Gasteiger partial charge in [0.2, 0.25) is 5.91 Å². The summed E-state index contributed by atoms with van der Waals surface area (Å²) < 4.78 is 5.72. The monoisotopic (exact) mass is 315 g/mol.